The highest BCUT2D eigenvalue weighted by molar-refractivity contribution is 5.83. The second kappa shape index (κ2) is 4.44. The van der Waals surface area contributed by atoms with Gasteiger partial charge in [0.2, 0.25) is 11.8 Å². The van der Waals surface area contributed by atoms with Gasteiger partial charge in [0.1, 0.15) is 0 Å². The third kappa shape index (κ3) is 1.67. The van der Waals surface area contributed by atoms with Gasteiger partial charge in [-0.2, -0.15) is 5.26 Å². The van der Waals surface area contributed by atoms with E-state index in [0.29, 0.717) is 13.0 Å². The Morgan fingerprint density at radius 1 is 1.57 bits per heavy atom. The lowest BCUT2D eigenvalue weighted by Gasteiger charge is -2.31. The third-order valence-electron chi connectivity index (χ3n) is 6.18. The molecule has 6 nitrogen and oxygen atoms in total. The Bertz CT molecular complexity index is 538. The summed E-state index contributed by atoms with van der Waals surface area (Å²) in [6, 6.07) is 1.92. The molecular formula is C15H22N4O2. The molecule has 1 saturated carbocycles. The number of piperidine rings is 1. The summed E-state index contributed by atoms with van der Waals surface area (Å²) in [6.45, 7) is 5.61. The first kappa shape index (κ1) is 14.3. The van der Waals surface area contributed by atoms with Crippen LogP contribution in [-0.4, -0.2) is 30.9 Å². The summed E-state index contributed by atoms with van der Waals surface area (Å²) in [5.41, 5.74) is 5.05. The van der Waals surface area contributed by atoms with Crippen molar-refractivity contribution in [1.82, 2.24) is 10.6 Å². The van der Waals surface area contributed by atoms with Crippen molar-refractivity contribution >= 4 is 11.8 Å². The Labute approximate surface area is 124 Å². The maximum absolute atomic E-state index is 11.8. The van der Waals surface area contributed by atoms with Gasteiger partial charge in [0.25, 0.3) is 0 Å². The summed E-state index contributed by atoms with van der Waals surface area (Å²) in [7, 11) is 0. The highest BCUT2D eigenvalue weighted by Crippen LogP contribution is 2.76. The zero-order valence-corrected chi connectivity index (χ0v) is 12.5. The van der Waals surface area contributed by atoms with E-state index in [2.05, 4.69) is 30.6 Å². The molecule has 3 rings (SSSR count). The molecule has 3 fully saturated rings. The van der Waals surface area contributed by atoms with Crippen molar-refractivity contribution in [2.24, 2.45) is 34.3 Å². The fraction of sp³-hybridized carbons (Fsp3) is 0.800. The van der Waals surface area contributed by atoms with Crippen molar-refractivity contribution in [2.45, 2.75) is 32.7 Å². The topological polar surface area (TPSA) is 108 Å². The first-order valence-electron chi connectivity index (χ1n) is 7.57. The van der Waals surface area contributed by atoms with Gasteiger partial charge in [0.15, 0.2) is 0 Å². The predicted octanol–water partition coefficient (Wildman–Crippen LogP) is -0.248. The van der Waals surface area contributed by atoms with Crippen molar-refractivity contribution in [2.75, 3.05) is 13.1 Å². The molecule has 4 N–H and O–H groups in total. The SMILES string of the molecule is CC1(C)C2CNC(C(N)=O)C21[C@@H](C#N)C[C@H]1CCNC1=O. The normalized spacial score (nSPS) is 41.0. The number of nitrogens with one attached hydrogen (secondary N) is 2. The van der Waals surface area contributed by atoms with Gasteiger partial charge in [-0.1, -0.05) is 13.8 Å². The van der Waals surface area contributed by atoms with Gasteiger partial charge >= 0.3 is 0 Å². The molecule has 2 amide bonds. The maximum Gasteiger partial charge on any atom is 0.235 e. The van der Waals surface area contributed by atoms with E-state index in [1.807, 2.05) is 0 Å². The molecule has 0 aromatic rings. The number of primary amides is 1. The van der Waals surface area contributed by atoms with E-state index >= 15 is 0 Å². The number of hydrogen-bond acceptors (Lipinski definition) is 4. The minimum Gasteiger partial charge on any atom is -0.368 e. The monoisotopic (exact) mass is 290 g/mol. The first-order chi connectivity index (χ1) is 9.87. The van der Waals surface area contributed by atoms with Gasteiger partial charge in [0.05, 0.1) is 18.0 Å². The smallest absolute Gasteiger partial charge is 0.235 e. The van der Waals surface area contributed by atoms with Gasteiger partial charge in [-0.3, -0.25) is 9.59 Å². The van der Waals surface area contributed by atoms with Crippen LogP contribution < -0.4 is 16.4 Å². The quantitative estimate of drug-likeness (QED) is 0.663. The summed E-state index contributed by atoms with van der Waals surface area (Å²) in [4.78, 5) is 23.6. The van der Waals surface area contributed by atoms with E-state index in [1.54, 1.807) is 0 Å². The lowest BCUT2D eigenvalue weighted by atomic mass is 9.73. The summed E-state index contributed by atoms with van der Waals surface area (Å²) in [5, 5.41) is 15.7. The summed E-state index contributed by atoms with van der Waals surface area (Å²) in [5.74, 6) is -0.520. The molecule has 2 saturated heterocycles. The third-order valence-corrected chi connectivity index (χ3v) is 6.18. The van der Waals surface area contributed by atoms with E-state index in [0.717, 1.165) is 13.0 Å². The Balaban J connectivity index is 1.89. The molecule has 2 aliphatic heterocycles. The van der Waals surface area contributed by atoms with Gasteiger partial charge in [-0.25, -0.2) is 0 Å². The Hall–Kier alpha value is -1.61. The number of fused-ring (bicyclic) bond motifs is 1. The Morgan fingerprint density at radius 2 is 2.29 bits per heavy atom. The predicted molar refractivity (Wildman–Crippen MR) is 75.5 cm³/mol. The first-order valence-corrected chi connectivity index (χ1v) is 7.57. The Kier molecular flexibility index (Phi) is 3.03. The number of hydrogen-bond donors (Lipinski definition) is 3. The van der Waals surface area contributed by atoms with E-state index < -0.39 is 11.5 Å². The van der Waals surface area contributed by atoms with Crippen LogP contribution in [0.4, 0.5) is 0 Å². The van der Waals surface area contributed by atoms with Gasteiger partial charge in [-0.15, -0.1) is 0 Å². The average molecular weight is 290 g/mol. The summed E-state index contributed by atoms with van der Waals surface area (Å²) in [6.07, 6.45) is 1.29. The molecule has 3 aliphatic rings. The summed E-state index contributed by atoms with van der Waals surface area (Å²) < 4.78 is 0. The molecule has 0 aromatic heterocycles. The maximum atomic E-state index is 11.8. The lowest BCUT2D eigenvalue weighted by molar-refractivity contribution is -0.123. The molecule has 114 valence electrons. The second-order valence-electron chi connectivity index (χ2n) is 7.14. The molecule has 2 heterocycles. The minimum absolute atomic E-state index is 0.0308. The van der Waals surface area contributed by atoms with Crippen molar-refractivity contribution < 1.29 is 9.59 Å². The van der Waals surface area contributed by atoms with E-state index in [-0.39, 0.29) is 35.0 Å². The van der Waals surface area contributed by atoms with E-state index in [1.165, 1.54) is 0 Å². The van der Waals surface area contributed by atoms with Crippen LogP contribution in [0.1, 0.15) is 26.7 Å². The van der Waals surface area contributed by atoms with Crippen LogP contribution in [0, 0.1) is 39.9 Å². The van der Waals surface area contributed by atoms with Gasteiger partial charge in [0, 0.05) is 17.9 Å². The number of nitriles is 1. The molecule has 3 unspecified atom stereocenters. The molecule has 0 bridgehead atoms. The molecule has 21 heavy (non-hydrogen) atoms. The van der Waals surface area contributed by atoms with Crippen LogP contribution in [0.2, 0.25) is 0 Å². The molecule has 1 aliphatic carbocycles. The number of carbonyl (C=O) groups is 2. The zero-order chi connectivity index (χ0) is 15.4. The largest absolute Gasteiger partial charge is 0.368 e. The number of nitrogens with two attached hydrogens (primary N) is 1. The fourth-order valence-corrected chi connectivity index (χ4v) is 5.08. The lowest BCUT2D eigenvalue weighted by Crippen LogP contribution is -2.49. The van der Waals surface area contributed by atoms with Crippen molar-refractivity contribution in [3.63, 3.8) is 0 Å². The van der Waals surface area contributed by atoms with Crippen LogP contribution in [0.5, 0.6) is 0 Å². The van der Waals surface area contributed by atoms with Crippen molar-refractivity contribution in [1.29, 1.82) is 5.26 Å². The number of amides is 2. The summed E-state index contributed by atoms with van der Waals surface area (Å²) >= 11 is 0. The van der Waals surface area contributed by atoms with E-state index in [9.17, 15) is 14.9 Å². The van der Waals surface area contributed by atoms with Crippen molar-refractivity contribution in [3.8, 4) is 6.07 Å². The zero-order valence-electron chi connectivity index (χ0n) is 12.5. The fourth-order valence-electron chi connectivity index (χ4n) is 5.08. The minimum atomic E-state index is -0.466. The number of nitrogens with zero attached hydrogens (tertiary/aromatic N) is 1. The van der Waals surface area contributed by atoms with E-state index in [4.69, 9.17) is 5.73 Å². The van der Waals surface area contributed by atoms with Crippen LogP contribution in [0.15, 0.2) is 0 Å². The van der Waals surface area contributed by atoms with Gasteiger partial charge < -0.3 is 16.4 Å². The Morgan fingerprint density at radius 3 is 2.76 bits per heavy atom. The number of carbonyl (C=O) groups excluding carboxylic acids is 2. The molecule has 6 heteroatoms. The van der Waals surface area contributed by atoms with Gasteiger partial charge in [-0.05, 0) is 30.7 Å². The standard InChI is InChI=1S/C15H22N4O2/c1-14(2)10-7-19-11(12(17)20)15(10,14)9(6-16)5-8-3-4-18-13(8)21/h8-11,19H,3-5,7H2,1-2H3,(H2,17,20)(H,18,21)/t8-,9-,10?,11?,15?/m1/s1. The number of rotatable bonds is 4. The van der Waals surface area contributed by atoms with Crippen LogP contribution >= 0.6 is 0 Å². The van der Waals surface area contributed by atoms with Crippen LogP contribution in [-0.2, 0) is 9.59 Å². The average Bonchev–Trinajstić information content (AvgIpc) is 2.83. The van der Waals surface area contributed by atoms with Crippen LogP contribution in [0.25, 0.3) is 0 Å². The highest BCUT2D eigenvalue weighted by Gasteiger charge is 2.80. The molecule has 0 aromatic carbocycles. The second-order valence-corrected chi connectivity index (χ2v) is 7.14. The molecule has 0 spiro atoms. The van der Waals surface area contributed by atoms with Crippen LogP contribution in [0.3, 0.4) is 0 Å². The molecule has 0 radical (unpaired) electrons. The highest BCUT2D eigenvalue weighted by atomic mass is 16.2. The molecule has 5 atom stereocenters. The van der Waals surface area contributed by atoms with Crippen molar-refractivity contribution in [3.05, 3.63) is 0 Å². The molecular weight excluding hydrogens is 268 g/mol.